The minimum atomic E-state index is 0.348. The number of nitrogens with zero attached hydrogens (tertiary/aromatic N) is 2. The summed E-state index contributed by atoms with van der Waals surface area (Å²) in [7, 11) is 0. The molecule has 0 saturated carbocycles. The average molecular weight is 637 g/mol. The van der Waals surface area contributed by atoms with Gasteiger partial charge in [-0.3, -0.25) is 0 Å². The van der Waals surface area contributed by atoms with Crippen molar-refractivity contribution in [2.75, 3.05) is 9.80 Å². The van der Waals surface area contributed by atoms with Gasteiger partial charge in [0.2, 0.25) is 0 Å². The summed E-state index contributed by atoms with van der Waals surface area (Å²) in [5.41, 5.74) is 14.3. The van der Waals surface area contributed by atoms with Crippen LogP contribution >= 0.6 is 0 Å². The van der Waals surface area contributed by atoms with E-state index in [9.17, 15) is 0 Å². The summed E-state index contributed by atoms with van der Waals surface area (Å²) in [6.45, 7) is 11.5. The predicted octanol–water partition coefficient (Wildman–Crippen LogP) is 13.9. The smallest absolute Gasteiger partial charge is 0.0620 e. The van der Waals surface area contributed by atoms with Gasteiger partial charge in [-0.15, -0.1) is 0 Å². The molecule has 1 aliphatic rings. The molecule has 7 aromatic carbocycles. The lowest BCUT2D eigenvalue weighted by Gasteiger charge is -2.41. The van der Waals surface area contributed by atoms with Crippen LogP contribution in [0.2, 0.25) is 0 Å². The molecule has 0 N–H and O–H groups in total. The number of fused-ring (bicyclic) bond motifs is 4. The molecule has 242 valence electrons. The van der Waals surface area contributed by atoms with Crippen molar-refractivity contribution in [1.82, 2.24) is 0 Å². The first-order valence-corrected chi connectivity index (χ1v) is 17.9. The summed E-state index contributed by atoms with van der Waals surface area (Å²) in [5, 5.41) is 4.97. The summed E-state index contributed by atoms with van der Waals surface area (Å²) >= 11 is 0. The third kappa shape index (κ3) is 4.93. The average Bonchev–Trinajstić information content (AvgIpc) is 3.15. The molecule has 49 heavy (non-hydrogen) atoms. The van der Waals surface area contributed by atoms with Crippen LogP contribution in [0.25, 0.3) is 21.5 Å². The molecule has 7 aromatic rings. The quantitative estimate of drug-likeness (QED) is 0.161. The number of hydrogen-bond acceptors (Lipinski definition) is 2. The Labute approximate surface area is 291 Å². The Morgan fingerprint density at radius 3 is 1.73 bits per heavy atom. The summed E-state index contributed by atoms with van der Waals surface area (Å²) in [6, 6.07) is 51.9. The van der Waals surface area contributed by atoms with Crippen molar-refractivity contribution in [3.63, 3.8) is 0 Å². The molecule has 1 heterocycles. The van der Waals surface area contributed by atoms with Crippen LogP contribution in [0.15, 0.2) is 140 Å². The van der Waals surface area contributed by atoms with E-state index in [2.05, 4.69) is 184 Å². The van der Waals surface area contributed by atoms with E-state index in [0.717, 1.165) is 18.5 Å². The Kier molecular flexibility index (Phi) is 7.96. The molecule has 0 saturated heterocycles. The van der Waals surface area contributed by atoms with Crippen molar-refractivity contribution >= 4 is 55.7 Å². The van der Waals surface area contributed by atoms with Crippen LogP contribution in [-0.2, 0) is 0 Å². The van der Waals surface area contributed by atoms with Gasteiger partial charge in [-0.05, 0) is 78.6 Å². The molecule has 0 fully saturated rings. The Morgan fingerprint density at radius 1 is 0.551 bits per heavy atom. The number of hydrogen-bond donors (Lipinski definition) is 0. The van der Waals surface area contributed by atoms with Crippen LogP contribution in [0.1, 0.15) is 73.3 Å². The van der Waals surface area contributed by atoms with E-state index in [1.165, 1.54) is 77.8 Å². The lowest BCUT2D eigenvalue weighted by atomic mass is 9.79. The van der Waals surface area contributed by atoms with Gasteiger partial charge in [0.1, 0.15) is 0 Å². The van der Waals surface area contributed by atoms with Crippen LogP contribution in [0.5, 0.6) is 0 Å². The second-order valence-electron chi connectivity index (χ2n) is 13.6. The van der Waals surface area contributed by atoms with Crippen LogP contribution in [0.4, 0.5) is 34.1 Å². The first-order chi connectivity index (χ1) is 24.0. The zero-order valence-electron chi connectivity index (χ0n) is 29.2. The summed E-state index contributed by atoms with van der Waals surface area (Å²) in [4.78, 5) is 5.15. The van der Waals surface area contributed by atoms with Gasteiger partial charge in [-0.2, -0.15) is 0 Å². The summed E-state index contributed by atoms with van der Waals surface area (Å²) in [5.74, 6) is 0.774. The van der Waals surface area contributed by atoms with E-state index in [4.69, 9.17) is 0 Å². The van der Waals surface area contributed by atoms with Crippen molar-refractivity contribution in [3.8, 4) is 0 Å². The van der Waals surface area contributed by atoms with Gasteiger partial charge in [0.05, 0.1) is 28.4 Å². The fourth-order valence-corrected chi connectivity index (χ4v) is 8.35. The molecule has 0 spiro atoms. The molecule has 0 aromatic heterocycles. The number of anilines is 6. The second kappa shape index (κ2) is 12.6. The van der Waals surface area contributed by atoms with Crippen molar-refractivity contribution in [1.29, 1.82) is 0 Å². The number of para-hydroxylation sites is 4. The standard InChI is InChI=1S/C47H44N2/c1-6-31(3)36-28-18-29-38-35(7-2)37-23-15-16-30-43(37)49(45(36)38)47-41-26-13-11-24-39(41)46(40-25-12-14-27-42(40)47)48(34-21-9-8-10-22-34)44-32(4)19-17-20-33(44)5/h8-31,35H,6-7H2,1-5H3. The fourth-order valence-electron chi connectivity index (χ4n) is 8.35. The molecule has 2 heteroatoms. The minimum absolute atomic E-state index is 0.348. The van der Waals surface area contributed by atoms with Gasteiger partial charge >= 0.3 is 0 Å². The van der Waals surface area contributed by atoms with E-state index in [1.807, 2.05) is 0 Å². The normalized spacial score (nSPS) is 14.5. The van der Waals surface area contributed by atoms with E-state index in [-0.39, 0.29) is 0 Å². The van der Waals surface area contributed by atoms with Gasteiger partial charge in [-0.25, -0.2) is 0 Å². The molecule has 8 rings (SSSR count). The molecule has 2 atom stereocenters. The van der Waals surface area contributed by atoms with E-state index >= 15 is 0 Å². The molecular weight excluding hydrogens is 593 g/mol. The highest BCUT2D eigenvalue weighted by molar-refractivity contribution is 6.23. The van der Waals surface area contributed by atoms with Crippen molar-refractivity contribution in [2.45, 2.75) is 59.3 Å². The van der Waals surface area contributed by atoms with Gasteiger partial charge in [0.25, 0.3) is 0 Å². The fraction of sp³-hybridized carbons (Fsp3) is 0.191. The maximum absolute atomic E-state index is 2.64. The van der Waals surface area contributed by atoms with Crippen molar-refractivity contribution in [2.24, 2.45) is 0 Å². The molecule has 0 aliphatic carbocycles. The van der Waals surface area contributed by atoms with Crippen LogP contribution in [0.3, 0.4) is 0 Å². The Bertz CT molecular complexity index is 2240. The van der Waals surface area contributed by atoms with Crippen molar-refractivity contribution in [3.05, 3.63) is 167 Å². The van der Waals surface area contributed by atoms with E-state index in [0.29, 0.717) is 11.8 Å². The first kappa shape index (κ1) is 31.0. The van der Waals surface area contributed by atoms with Crippen LogP contribution < -0.4 is 9.80 Å². The second-order valence-corrected chi connectivity index (χ2v) is 13.6. The van der Waals surface area contributed by atoms with E-state index in [1.54, 1.807) is 0 Å². The Hall–Kier alpha value is -5.34. The van der Waals surface area contributed by atoms with Crippen LogP contribution in [-0.4, -0.2) is 0 Å². The summed E-state index contributed by atoms with van der Waals surface area (Å²) in [6.07, 6.45) is 2.15. The van der Waals surface area contributed by atoms with Gasteiger partial charge in [-0.1, -0.05) is 142 Å². The Balaban J connectivity index is 1.54. The topological polar surface area (TPSA) is 6.48 Å². The zero-order valence-corrected chi connectivity index (χ0v) is 29.2. The van der Waals surface area contributed by atoms with Gasteiger partial charge < -0.3 is 9.80 Å². The van der Waals surface area contributed by atoms with Gasteiger partial charge in [0.15, 0.2) is 0 Å². The first-order valence-electron chi connectivity index (χ1n) is 17.9. The van der Waals surface area contributed by atoms with Crippen LogP contribution in [0, 0.1) is 13.8 Å². The maximum Gasteiger partial charge on any atom is 0.0620 e. The number of aryl methyl sites for hydroxylation is 2. The highest BCUT2D eigenvalue weighted by atomic mass is 15.2. The lowest BCUT2D eigenvalue weighted by Crippen LogP contribution is -2.24. The lowest BCUT2D eigenvalue weighted by molar-refractivity contribution is 0.718. The predicted molar refractivity (Wildman–Crippen MR) is 211 cm³/mol. The highest BCUT2D eigenvalue weighted by Gasteiger charge is 2.35. The molecule has 0 amide bonds. The highest BCUT2D eigenvalue weighted by Crippen LogP contribution is 2.57. The largest absolute Gasteiger partial charge is 0.309 e. The molecule has 0 radical (unpaired) electrons. The SMILES string of the molecule is CCC(C)c1cccc2c1N(c1c3ccccc3c(N(c3ccccc3)c3c(C)cccc3C)c3ccccc13)c1ccccc1C2CC. The molecule has 2 unspecified atom stereocenters. The van der Waals surface area contributed by atoms with E-state index < -0.39 is 0 Å². The summed E-state index contributed by atoms with van der Waals surface area (Å²) < 4.78 is 0. The molecule has 0 bridgehead atoms. The third-order valence-electron chi connectivity index (χ3n) is 10.8. The maximum atomic E-state index is 2.64. The molecular formula is C47H44N2. The number of rotatable bonds is 7. The van der Waals surface area contributed by atoms with Gasteiger partial charge in [0, 0.05) is 33.2 Å². The monoisotopic (exact) mass is 636 g/mol. The third-order valence-corrected chi connectivity index (χ3v) is 10.8. The minimum Gasteiger partial charge on any atom is -0.309 e. The zero-order chi connectivity index (χ0) is 33.6. The molecule has 1 aliphatic heterocycles. The Morgan fingerprint density at radius 2 is 1.10 bits per heavy atom. The van der Waals surface area contributed by atoms with Crippen molar-refractivity contribution < 1.29 is 0 Å². The number of benzene rings is 7. The molecule has 2 nitrogen and oxygen atoms in total.